The van der Waals surface area contributed by atoms with Gasteiger partial charge in [-0.15, -0.1) is 0 Å². The van der Waals surface area contributed by atoms with Gasteiger partial charge in [0.05, 0.1) is 5.70 Å². The van der Waals surface area contributed by atoms with Crippen LogP contribution in [0.2, 0.25) is 0 Å². The molecule has 4 N–H and O–H groups in total. The number of nitrogens with zero attached hydrogens (tertiary/aromatic N) is 4. The number of aromatic nitrogens is 2. The molecule has 35 heavy (non-hydrogen) atoms. The van der Waals surface area contributed by atoms with Crippen LogP contribution in [-0.4, -0.2) is 15.7 Å². The largest absolute Gasteiger partial charge is 0.489 e. The fourth-order valence-corrected chi connectivity index (χ4v) is 2.83. The van der Waals surface area contributed by atoms with Gasteiger partial charge >= 0.3 is 0 Å². The van der Waals surface area contributed by atoms with Crippen LogP contribution in [0.1, 0.15) is 25.2 Å². The lowest BCUT2D eigenvalue weighted by Crippen LogP contribution is -2.20. The number of aryl methyl sites for hydroxylation is 1. The van der Waals surface area contributed by atoms with Gasteiger partial charge in [0.1, 0.15) is 47.3 Å². The highest BCUT2D eigenvalue weighted by molar-refractivity contribution is 6.12. The summed E-state index contributed by atoms with van der Waals surface area (Å²) in [6.45, 7) is 5.51. The molecule has 0 spiro atoms. The van der Waals surface area contributed by atoms with Gasteiger partial charge in [-0.2, -0.15) is 5.26 Å². The van der Waals surface area contributed by atoms with E-state index in [1.165, 1.54) is 24.3 Å². The molecule has 0 bridgehead atoms. The molecule has 0 radical (unpaired) electrons. The molecule has 0 aliphatic rings. The van der Waals surface area contributed by atoms with Crippen molar-refractivity contribution in [1.82, 2.24) is 9.97 Å². The first-order valence-electron chi connectivity index (χ1n) is 10.6. The number of benzene rings is 2. The third-order valence-electron chi connectivity index (χ3n) is 4.77. The molecular weight excluding hydrogens is 454 g/mol. The number of nitriles is 1. The molecule has 0 saturated carbocycles. The molecule has 3 rings (SSSR count). The van der Waals surface area contributed by atoms with E-state index in [1.54, 1.807) is 19.3 Å². The molecule has 0 fully saturated rings. The lowest BCUT2D eigenvalue weighted by molar-refractivity contribution is 0.301. The number of halogens is 2. The molecule has 10 heteroatoms. The van der Waals surface area contributed by atoms with Crippen molar-refractivity contribution < 1.29 is 18.3 Å². The highest BCUT2D eigenvalue weighted by Crippen LogP contribution is 2.30. The minimum atomic E-state index is -0.765. The fraction of sp³-hybridized carbons (Fsp3) is 0.200. The van der Waals surface area contributed by atoms with Gasteiger partial charge in [-0.3, -0.25) is 0 Å². The molecule has 0 aliphatic heterocycles. The monoisotopic (exact) mass is 478 g/mol. The quantitative estimate of drug-likeness (QED) is 0.444. The Bertz CT molecular complexity index is 1310. The van der Waals surface area contributed by atoms with Crippen LogP contribution < -0.4 is 20.9 Å². The molecule has 2 aromatic carbocycles. The highest BCUT2D eigenvalue weighted by atomic mass is 19.1. The van der Waals surface area contributed by atoms with E-state index in [1.807, 2.05) is 19.9 Å². The number of hydrogen-bond donors (Lipinski definition) is 2. The zero-order chi connectivity index (χ0) is 25.5. The van der Waals surface area contributed by atoms with Crippen molar-refractivity contribution in [3.63, 3.8) is 0 Å². The van der Waals surface area contributed by atoms with E-state index in [9.17, 15) is 14.0 Å². The Kier molecular flexibility index (Phi) is 7.94. The maximum absolute atomic E-state index is 14.7. The summed E-state index contributed by atoms with van der Waals surface area (Å²) in [5.74, 6) is -0.437. The summed E-state index contributed by atoms with van der Waals surface area (Å²) in [4.78, 5) is 12.1. The summed E-state index contributed by atoms with van der Waals surface area (Å²) in [6, 6.07) is 9.45. The second-order valence-electron chi connectivity index (χ2n) is 7.86. The van der Waals surface area contributed by atoms with E-state index in [0.717, 1.165) is 12.1 Å². The zero-order valence-electron chi connectivity index (χ0n) is 19.4. The van der Waals surface area contributed by atoms with Crippen molar-refractivity contribution >= 4 is 11.4 Å². The van der Waals surface area contributed by atoms with Gasteiger partial charge in [0.2, 0.25) is 0 Å². The van der Waals surface area contributed by atoms with Crippen molar-refractivity contribution in [3.8, 4) is 23.3 Å². The van der Waals surface area contributed by atoms with E-state index < -0.39 is 11.6 Å². The average molecular weight is 479 g/mol. The van der Waals surface area contributed by atoms with Crippen LogP contribution in [0.25, 0.3) is 0 Å². The molecule has 0 atom stereocenters. The Balaban J connectivity index is 1.77. The maximum Gasteiger partial charge on any atom is 0.165 e. The van der Waals surface area contributed by atoms with Gasteiger partial charge in [0.15, 0.2) is 11.5 Å². The molecule has 0 aliphatic carbocycles. The number of hydrogen-bond acceptors (Lipinski definition) is 8. The van der Waals surface area contributed by atoms with E-state index in [0.29, 0.717) is 11.4 Å². The number of aliphatic imine (C=N–C) groups is 1. The minimum absolute atomic E-state index is 0.00767. The van der Waals surface area contributed by atoms with E-state index in [2.05, 4.69) is 15.0 Å². The van der Waals surface area contributed by atoms with Gasteiger partial charge in [0, 0.05) is 47.9 Å². The molecule has 0 saturated heterocycles. The minimum Gasteiger partial charge on any atom is -0.489 e. The van der Waals surface area contributed by atoms with Crippen molar-refractivity contribution in [1.29, 1.82) is 5.26 Å². The van der Waals surface area contributed by atoms with Crippen molar-refractivity contribution in [3.05, 3.63) is 83.2 Å². The second-order valence-corrected chi connectivity index (χ2v) is 7.86. The number of allylic oxidation sites excluding steroid dienone is 2. The van der Waals surface area contributed by atoms with Gasteiger partial charge < -0.3 is 20.9 Å². The first kappa shape index (κ1) is 25.1. The Morgan fingerprint density at radius 2 is 1.74 bits per heavy atom. The number of ether oxygens (including phenoxy) is 2. The Hall–Kier alpha value is -4.52. The van der Waals surface area contributed by atoms with Gasteiger partial charge in [-0.05, 0) is 25.0 Å². The summed E-state index contributed by atoms with van der Waals surface area (Å²) < 4.78 is 40.0. The second kappa shape index (κ2) is 11.1. The van der Waals surface area contributed by atoms with Crippen molar-refractivity contribution in [2.75, 3.05) is 0 Å². The van der Waals surface area contributed by atoms with E-state index in [4.69, 9.17) is 20.9 Å². The topological polar surface area (TPSA) is 132 Å². The Morgan fingerprint density at radius 1 is 1.06 bits per heavy atom. The van der Waals surface area contributed by atoms with E-state index in [-0.39, 0.29) is 52.6 Å². The molecule has 3 aromatic rings. The standard InChI is InChI=1S/C25H24F2N6O2/c1-14(2)24(29)25(30)23(10-28)33-22-5-4-18(9-21(22)27)35-20-7-17(26)6-19(8-20)34-13-16-11-31-15(3)32-12-16/h4-9,11-12,14H,13,29-30H2,1-3H3. The van der Waals surface area contributed by atoms with Crippen molar-refractivity contribution in [2.24, 2.45) is 22.4 Å². The summed E-state index contributed by atoms with van der Waals surface area (Å²) in [5.41, 5.74) is 12.4. The van der Waals surface area contributed by atoms with Crippen LogP contribution in [0.15, 0.2) is 65.2 Å². The molecular formula is C25H24F2N6O2. The highest BCUT2D eigenvalue weighted by Gasteiger charge is 2.13. The van der Waals surface area contributed by atoms with Gasteiger partial charge in [0.25, 0.3) is 0 Å². The van der Waals surface area contributed by atoms with Gasteiger partial charge in [-0.25, -0.2) is 23.7 Å². The van der Waals surface area contributed by atoms with Crippen LogP contribution in [0, 0.1) is 35.8 Å². The normalized spacial score (nSPS) is 12.2. The Morgan fingerprint density at radius 3 is 2.37 bits per heavy atom. The predicted molar refractivity (Wildman–Crippen MR) is 127 cm³/mol. The predicted octanol–water partition coefficient (Wildman–Crippen LogP) is 4.82. The third-order valence-corrected chi connectivity index (χ3v) is 4.77. The molecule has 1 aromatic heterocycles. The SMILES string of the molecule is Cc1ncc(COc2cc(F)cc(Oc3ccc(N=C(C#N)C(N)=C(N)C(C)C)c(F)c3)c2)cn1. The third kappa shape index (κ3) is 6.74. The smallest absolute Gasteiger partial charge is 0.165 e. The summed E-state index contributed by atoms with van der Waals surface area (Å²) in [5, 5.41) is 9.36. The molecule has 0 amide bonds. The first-order valence-corrected chi connectivity index (χ1v) is 10.6. The summed E-state index contributed by atoms with van der Waals surface area (Å²) in [6.07, 6.45) is 3.23. The van der Waals surface area contributed by atoms with Crippen LogP contribution in [0.3, 0.4) is 0 Å². The zero-order valence-corrected chi connectivity index (χ0v) is 19.4. The van der Waals surface area contributed by atoms with Gasteiger partial charge in [-0.1, -0.05) is 13.8 Å². The van der Waals surface area contributed by atoms with Crippen LogP contribution >= 0.6 is 0 Å². The van der Waals surface area contributed by atoms with Crippen LogP contribution in [0.5, 0.6) is 17.2 Å². The lowest BCUT2D eigenvalue weighted by atomic mass is 10.1. The van der Waals surface area contributed by atoms with Crippen molar-refractivity contribution in [2.45, 2.75) is 27.4 Å². The Labute approximate surface area is 201 Å². The molecule has 8 nitrogen and oxygen atoms in total. The van der Waals surface area contributed by atoms with Crippen LogP contribution in [-0.2, 0) is 6.61 Å². The molecule has 1 heterocycles. The average Bonchev–Trinajstić information content (AvgIpc) is 2.82. The number of rotatable bonds is 8. The molecule has 0 unspecified atom stereocenters. The fourth-order valence-electron chi connectivity index (χ4n) is 2.83. The first-order chi connectivity index (χ1) is 16.7. The summed E-state index contributed by atoms with van der Waals surface area (Å²) in [7, 11) is 0. The van der Waals surface area contributed by atoms with E-state index >= 15 is 0 Å². The molecule has 180 valence electrons. The maximum atomic E-state index is 14.7. The summed E-state index contributed by atoms with van der Waals surface area (Å²) >= 11 is 0. The number of nitrogens with two attached hydrogens (primary N) is 2. The lowest BCUT2D eigenvalue weighted by Gasteiger charge is -2.11. The van der Waals surface area contributed by atoms with Crippen LogP contribution in [0.4, 0.5) is 14.5 Å².